The van der Waals surface area contributed by atoms with Crippen molar-refractivity contribution in [1.82, 2.24) is 5.32 Å². The van der Waals surface area contributed by atoms with E-state index in [1.165, 1.54) is 0 Å². The molecule has 1 unspecified atom stereocenters. The van der Waals surface area contributed by atoms with Crippen LogP contribution < -0.4 is 10.6 Å². The topological polar surface area (TPSA) is 41.1 Å². The van der Waals surface area contributed by atoms with Gasteiger partial charge in [0.2, 0.25) is 5.91 Å². The van der Waals surface area contributed by atoms with Crippen LogP contribution in [0.5, 0.6) is 0 Å². The Morgan fingerprint density at radius 1 is 1.56 bits per heavy atom. The average molecular weight is 267 g/mol. The van der Waals surface area contributed by atoms with Crippen molar-refractivity contribution in [2.24, 2.45) is 5.92 Å². The Morgan fingerprint density at radius 3 is 3.06 bits per heavy atom. The Balaban J connectivity index is 1.90. The lowest BCUT2D eigenvalue weighted by Crippen LogP contribution is -2.32. The van der Waals surface area contributed by atoms with E-state index in [9.17, 15) is 4.79 Å². The second-order valence-corrected chi connectivity index (χ2v) is 5.36. The first kappa shape index (κ1) is 13.4. The molecule has 1 amide bonds. The molecule has 2 N–H and O–H groups in total. The number of halogens is 1. The molecule has 1 aromatic rings. The minimum atomic E-state index is 0.0918. The molecule has 1 aliphatic rings. The van der Waals surface area contributed by atoms with Crippen molar-refractivity contribution >= 4 is 23.2 Å². The summed E-state index contributed by atoms with van der Waals surface area (Å²) in [7, 11) is 0. The molecule has 3 nitrogen and oxygen atoms in total. The summed E-state index contributed by atoms with van der Waals surface area (Å²) in [6, 6.07) is 5.51. The van der Waals surface area contributed by atoms with Crippen LogP contribution in [0, 0.1) is 12.8 Å². The molecule has 1 aliphatic heterocycles. The highest BCUT2D eigenvalue weighted by Gasteiger charge is 2.17. The number of hydrogen-bond donors (Lipinski definition) is 2. The monoisotopic (exact) mass is 266 g/mol. The van der Waals surface area contributed by atoms with Crippen LogP contribution in [-0.4, -0.2) is 19.0 Å². The number of hydrogen-bond acceptors (Lipinski definition) is 2. The van der Waals surface area contributed by atoms with Gasteiger partial charge in [-0.1, -0.05) is 11.6 Å². The summed E-state index contributed by atoms with van der Waals surface area (Å²) in [5.74, 6) is 0.556. The molecule has 1 fully saturated rings. The minimum absolute atomic E-state index is 0.0918. The molecule has 1 heterocycles. The standard InChI is InChI=1S/C14H19ClN2O/c1-10-7-12(15)4-5-13(10)17-14(18)8-11-3-2-6-16-9-11/h4-5,7,11,16H,2-3,6,8-9H2,1H3,(H,17,18). The molecule has 0 bridgehead atoms. The first-order valence-electron chi connectivity index (χ1n) is 6.42. The number of aryl methyl sites for hydroxylation is 1. The predicted molar refractivity (Wildman–Crippen MR) is 75.0 cm³/mol. The average Bonchev–Trinajstić information content (AvgIpc) is 2.34. The number of rotatable bonds is 3. The zero-order chi connectivity index (χ0) is 13.0. The fourth-order valence-corrected chi connectivity index (χ4v) is 2.56. The van der Waals surface area contributed by atoms with Gasteiger partial charge in [-0.25, -0.2) is 0 Å². The van der Waals surface area contributed by atoms with E-state index >= 15 is 0 Å². The van der Waals surface area contributed by atoms with Crippen molar-refractivity contribution in [3.63, 3.8) is 0 Å². The van der Waals surface area contributed by atoms with E-state index in [2.05, 4.69) is 10.6 Å². The third-order valence-corrected chi connectivity index (χ3v) is 3.57. The molecule has 1 atom stereocenters. The SMILES string of the molecule is Cc1cc(Cl)ccc1NC(=O)CC1CCCNC1. The van der Waals surface area contributed by atoms with E-state index in [0.717, 1.165) is 37.2 Å². The summed E-state index contributed by atoms with van der Waals surface area (Å²) in [4.78, 5) is 11.9. The Morgan fingerprint density at radius 2 is 2.39 bits per heavy atom. The summed E-state index contributed by atoms with van der Waals surface area (Å²) in [5.41, 5.74) is 1.85. The van der Waals surface area contributed by atoms with Crippen LogP contribution in [0.15, 0.2) is 18.2 Å². The number of benzene rings is 1. The third-order valence-electron chi connectivity index (χ3n) is 3.34. The lowest BCUT2D eigenvalue weighted by atomic mass is 9.96. The fraction of sp³-hybridized carbons (Fsp3) is 0.500. The highest BCUT2D eigenvalue weighted by atomic mass is 35.5. The van der Waals surface area contributed by atoms with Crippen molar-refractivity contribution in [1.29, 1.82) is 0 Å². The molecule has 0 aliphatic carbocycles. The Hall–Kier alpha value is -1.06. The van der Waals surface area contributed by atoms with Gasteiger partial charge < -0.3 is 10.6 Å². The molecule has 98 valence electrons. The van der Waals surface area contributed by atoms with Crippen LogP contribution in [0.3, 0.4) is 0 Å². The van der Waals surface area contributed by atoms with Crippen molar-refractivity contribution in [3.8, 4) is 0 Å². The van der Waals surface area contributed by atoms with Crippen LogP contribution in [-0.2, 0) is 4.79 Å². The Labute approximate surface area is 113 Å². The maximum absolute atomic E-state index is 11.9. The zero-order valence-corrected chi connectivity index (χ0v) is 11.4. The van der Waals surface area contributed by atoms with E-state index in [4.69, 9.17) is 11.6 Å². The van der Waals surface area contributed by atoms with Gasteiger partial charge in [-0.2, -0.15) is 0 Å². The molecular weight excluding hydrogens is 248 g/mol. The van der Waals surface area contributed by atoms with Gasteiger partial charge in [-0.15, -0.1) is 0 Å². The number of carbonyl (C=O) groups is 1. The first-order chi connectivity index (χ1) is 8.65. The smallest absolute Gasteiger partial charge is 0.224 e. The maximum atomic E-state index is 11.9. The van der Waals surface area contributed by atoms with Crippen molar-refractivity contribution < 1.29 is 4.79 Å². The lowest BCUT2D eigenvalue weighted by Gasteiger charge is -2.22. The highest BCUT2D eigenvalue weighted by molar-refractivity contribution is 6.30. The van der Waals surface area contributed by atoms with Crippen molar-refractivity contribution in [3.05, 3.63) is 28.8 Å². The summed E-state index contributed by atoms with van der Waals surface area (Å²) in [5, 5.41) is 6.98. The normalized spacial score (nSPS) is 19.6. The predicted octanol–water partition coefficient (Wildman–Crippen LogP) is 2.98. The Bertz CT molecular complexity index is 428. The van der Waals surface area contributed by atoms with Crippen molar-refractivity contribution in [2.45, 2.75) is 26.2 Å². The van der Waals surface area contributed by atoms with Crippen LogP contribution in [0.4, 0.5) is 5.69 Å². The van der Waals surface area contributed by atoms with Gasteiger partial charge in [0.1, 0.15) is 0 Å². The molecule has 1 saturated heterocycles. The number of piperidine rings is 1. The van der Waals surface area contributed by atoms with Crippen LogP contribution in [0.1, 0.15) is 24.8 Å². The molecule has 0 aromatic heterocycles. The van der Waals surface area contributed by atoms with E-state index in [1.54, 1.807) is 6.07 Å². The molecular formula is C14H19ClN2O. The van der Waals surface area contributed by atoms with Gasteiger partial charge in [0, 0.05) is 17.1 Å². The maximum Gasteiger partial charge on any atom is 0.224 e. The number of carbonyl (C=O) groups excluding carboxylic acids is 1. The number of anilines is 1. The van der Waals surface area contributed by atoms with Gasteiger partial charge in [0.05, 0.1) is 0 Å². The highest BCUT2D eigenvalue weighted by Crippen LogP contribution is 2.21. The fourth-order valence-electron chi connectivity index (χ4n) is 2.33. The molecule has 1 aromatic carbocycles. The molecule has 0 spiro atoms. The van der Waals surface area contributed by atoms with E-state index in [-0.39, 0.29) is 5.91 Å². The van der Waals surface area contributed by atoms with Crippen LogP contribution in [0.2, 0.25) is 5.02 Å². The second-order valence-electron chi connectivity index (χ2n) is 4.92. The van der Waals surface area contributed by atoms with Gasteiger partial charge in [-0.05, 0) is 62.5 Å². The Kier molecular flexibility index (Phi) is 4.61. The second kappa shape index (κ2) is 6.21. The van der Waals surface area contributed by atoms with Crippen LogP contribution in [0.25, 0.3) is 0 Å². The summed E-state index contributed by atoms with van der Waals surface area (Å²) >= 11 is 5.89. The molecule has 4 heteroatoms. The van der Waals surface area contributed by atoms with E-state index < -0.39 is 0 Å². The quantitative estimate of drug-likeness (QED) is 0.883. The summed E-state index contributed by atoms with van der Waals surface area (Å²) in [6.45, 7) is 3.98. The van der Waals surface area contributed by atoms with Gasteiger partial charge in [-0.3, -0.25) is 4.79 Å². The lowest BCUT2D eigenvalue weighted by molar-refractivity contribution is -0.117. The first-order valence-corrected chi connectivity index (χ1v) is 6.79. The van der Waals surface area contributed by atoms with Crippen molar-refractivity contribution in [2.75, 3.05) is 18.4 Å². The molecule has 0 saturated carbocycles. The number of amides is 1. The summed E-state index contributed by atoms with van der Waals surface area (Å²) < 4.78 is 0. The third kappa shape index (κ3) is 3.72. The molecule has 0 radical (unpaired) electrons. The van der Waals surface area contributed by atoms with Gasteiger partial charge in [0.15, 0.2) is 0 Å². The van der Waals surface area contributed by atoms with Gasteiger partial charge in [0.25, 0.3) is 0 Å². The van der Waals surface area contributed by atoms with E-state index in [1.807, 2.05) is 19.1 Å². The zero-order valence-electron chi connectivity index (χ0n) is 10.6. The number of nitrogens with one attached hydrogen (secondary N) is 2. The van der Waals surface area contributed by atoms with E-state index in [0.29, 0.717) is 17.4 Å². The molecule has 18 heavy (non-hydrogen) atoms. The minimum Gasteiger partial charge on any atom is -0.326 e. The van der Waals surface area contributed by atoms with Gasteiger partial charge >= 0.3 is 0 Å². The molecule has 2 rings (SSSR count). The summed E-state index contributed by atoms with van der Waals surface area (Å²) in [6.07, 6.45) is 2.90. The largest absolute Gasteiger partial charge is 0.326 e. The van der Waals surface area contributed by atoms with Crippen LogP contribution >= 0.6 is 11.6 Å².